The maximum atomic E-state index is 14.1. The Morgan fingerprint density at radius 1 is 0.812 bits per heavy atom. The standard InChI is InChI=1S/C26H19F2N3O/c1-32-20-11-9-19(10-12-20)18-7-5-17(6-8-18)15-31-14-13-23-24(16-31)30-26(29-23)21-3-2-4-22(27)25(21)28/h2-14,16H,15H2,1H3. The first-order chi connectivity index (χ1) is 15.6. The Bertz CT molecular complexity index is 1340. The lowest BCUT2D eigenvalue weighted by Crippen LogP contribution is -2.00. The predicted octanol–water partition coefficient (Wildman–Crippen LogP) is 6.05. The van der Waals surface area contributed by atoms with Crippen molar-refractivity contribution < 1.29 is 13.5 Å². The van der Waals surface area contributed by atoms with E-state index in [1.165, 1.54) is 12.1 Å². The van der Waals surface area contributed by atoms with Crippen molar-refractivity contribution in [2.45, 2.75) is 6.54 Å². The van der Waals surface area contributed by atoms with Crippen molar-refractivity contribution in [1.82, 2.24) is 14.5 Å². The molecule has 0 atom stereocenters. The molecule has 0 amide bonds. The molecule has 0 fully saturated rings. The highest BCUT2D eigenvalue weighted by Gasteiger charge is 2.17. The summed E-state index contributed by atoms with van der Waals surface area (Å²) < 4.78 is 34.9. The fourth-order valence-corrected chi connectivity index (χ4v) is 3.64. The minimum Gasteiger partial charge on any atom is -0.497 e. The number of hydrogen-bond acceptors (Lipinski definition) is 3. The van der Waals surface area contributed by atoms with Gasteiger partial charge < -0.3 is 9.30 Å². The van der Waals surface area contributed by atoms with Crippen LogP contribution < -0.4 is 4.74 Å². The minimum atomic E-state index is -0.937. The maximum absolute atomic E-state index is 14.1. The SMILES string of the molecule is COc1ccc(-c2ccc(Cn3ccc4nc(-c5cccc(F)c5F)nc-4c3)cc2)cc1. The van der Waals surface area contributed by atoms with Gasteiger partial charge >= 0.3 is 0 Å². The largest absolute Gasteiger partial charge is 0.497 e. The van der Waals surface area contributed by atoms with E-state index in [1.54, 1.807) is 7.11 Å². The highest BCUT2D eigenvalue weighted by molar-refractivity contribution is 5.66. The molecule has 0 saturated heterocycles. The molecule has 2 heterocycles. The Hall–Kier alpha value is -4.06. The maximum Gasteiger partial charge on any atom is 0.169 e. The number of benzene rings is 3. The number of nitrogens with zero attached hydrogens (tertiary/aromatic N) is 3. The Balaban J connectivity index is 1.37. The van der Waals surface area contributed by atoms with Crippen LogP contribution in [0.2, 0.25) is 0 Å². The average Bonchev–Trinajstić information content (AvgIpc) is 3.24. The zero-order valence-corrected chi connectivity index (χ0v) is 17.3. The number of ether oxygens (including phenoxy) is 1. The third-order valence-electron chi connectivity index (χ3n) is 5.36. The molecule has 6 heteroatoms. The molecular weight excluding hydrogens is 408 g/mol. The summed E-state index contributed by atoms with van der Waals surface area (Å²) in [6.07, 6.45) is 3.76. The van der Waals surface area contributed by atoms with E-state index in [0.717, 1.165) is 28.5 Å². The first-order valence-corrected chi connectivity index (χ1v) is 10.1. The molecule has 5 rings (SSSR count). The summed E-state index contributed by atoms with van der Waals surface area (Å²) >= 11 is 0. The van der Waals surface area contributed by atoms with Gasteiger partial charge in [0, 0.05) is 18.9 Å². The lowest BCUT2D eigenvalue weighted by atomic mass is 10.0. The normalized spacial score (nSPS) is 11.1. The third kappa shape index (κ3) is 3.83. The van der Waals surface area contributed by atoms with Gasteiger partial charge in [-0.15, -0.1) is 0 Å². The monoisotopic (exact) mass is 427 g/mol. The van der Waals surface area contributed by atoms with Crippen LogP contribution in [0.5, 0.6) is 5.75 Å². The summed E-state index contributed by atoms with van der Waals surface area (Å²) in [7, 11) is 1.65. The minimum absolute atomic E-state index is 0.0573. The number of aromatic nitrogens is 3. The van der Waals surface area contributed by atoms with E-state index in [-0.39, 0.29) is 11.4 Å². The second-order valence-corrected chi connectivity index (χ2v) is 7.46. The van der Waals surface area contributed by atoms with Crippen LogP contribution in [0.3, 0.4) is 0 Å². The van der Waals surface area contributed by atoms with Crippen LogP contribution in [-0.4, -0.2) is 21.6 Å². The number of methoxy groups -OCH3 is 1. The number of pyridine rings is 1. The molecule has 3 aromatic carbocycles. The second kappa shape index (κ2) is 8.23. The van der Waals surface area contributed by atoms with Gasteiger partial charge in [0.25, 0.3) is 0 Å². The smallest absolute Gasteiger partial charge is 0.169 e. The zero-order valence-electron chi connectivity index (χ0n) is 17.3. The summed E-state index contributed by atoms with van der Waals surface area (Å²) in [6, 6.07) is 22.1. The first kappa shape index (κ1) is 19.9. The van der Waals surface area contributed by atoms with E-state index in [1.807, 2.05) is 47.3 Å². The van der Waals surface area contributed by atoms with Gasteiger partial charge in [-0.3, -0.25) is 0 Å². The van der Waals surface area contributed by atoms with Crippen LogP contribution >= 0.6 is 0 Å². The Morgan fingerprint density at radius 2 is 1.50 bits per heavy atom. The first-order valence-electron chi connectivity index (χ1n) is 10.1. The molecule has 2 aliphatic heterocycles. The van der Waals surface area contributed by atoms with E-state index < -0.39 is 11.6 Å². The molecule has 32 heavy (non-hydrogen) atoms. The van der Waals surface area contributed by atoms with Crippen LogP contribution in [-0.2, 0) is 6.54 Å². The van der Waals surface area contributed by atoms with Crippen molar-refractivity contribution in [1.29, 1.82) is 0 Å². The summed E-state index contributed by atoms with van der Waals surface area (Å²) in [5.74, 6) is -0.841. The molecule has 0 spiro atoms. The van der Waals surface area contributed by atoms with Crippen molar-refractivity contribution in [3.63, 3.8) is 0 Å². The van der Waals surface area contributed by atoms with Crippen molar-refractivity contribution in [2.24, 2.45) is 0 Å². The van der Waals surface area contributed by atoms with Crippen LogP contribution in [0.1, 0.15) is 5.56 Å². The highest BCUT2D eigenvalue weighted by atomic mass is 19.2. The van der Waals surface area contributed by atoms with E-state index in [0.29, 0.717) is 17.9 Å². The topological polar surface area (TPSA) is 39.9 Å². The van der Waals surface area contributed by atoms with E-state index in [2.05, 4.69) is 34.2 Å². The number of fused-ring (bicyclic) bond motifs is 1. The van der Waals surface area contributed by atoms with Gasteiger partial charge in [0.05, 0.1) is 18.4 Å². The van der Waals surface area contributed by atoms with Gasteiger partial charge in [-0.05, 0) is 47.0 Å². The quantitative estimate of drug-likeness (QED) is 0.343. The number of imidazole rings is 1. The van der Waals surface area contributed by atoms with Gasteiger partial charge in [-0.1, -0.05) is 42.5 Å². The van der Waals surface area contributed by atoms with Gasteiger partial charge in [0.15, 0.2) is 17.5 Å². The Kier molecular flexibility index (Phi) is 5.11. The molecular formula is C26H19F2N3O. The van der Waals surface area contributed by atoms with Gasteiger partial charge in [0.1, 0.15) is 11.4 Å². The predicted molar refractivity (Wildman–Crippen MR) is 120 cm³/mol. The molecule has 4 nitrogen and oxygen atoms in total. The molecule has 2 aliphatic rings. The lowest BCUT2D eigenvalue weighted by Gasteiger charge is -2.09. The molecule has 0 aromatic heterocycles. The van der Waals surface area contributed by atoms with E-state index >= 15 is 0 Å². The van der Waals surface area contributed by atoms with Crippen molar-refractivity contribution in [3.05, 3.63) is 102 Å². The Labute approximate surface area is 184 Å². The van der Waals surface area contributed by atoms with Crippen molar-refractivity contribution in [3.8, 4) is 39.7 Å². The average molecular weight is 427 g/mol. The Morgan fingerprint density at radius 3 is 2.22 bits per heavy atom. The summed E-state index contributed by atoms with van der Waals surface area (Å²) in [4.78, 5) is 8.76. The summed E-state index contributed by atoms with van der Waals surface area (Å²) in [5.41, 5.74) is 4.69. The molecule has 0 aliphatic carbocycles. The third-order valence-corrected chi connectivity index (χ3v) is 5.36. The molecule has 0 N–H and O–H groups in total. The molecule has 3 aromatic rings. The van der Waals surface area contributed by atoms with Crippen LogP contribution in [0.15, 0.2) is 85.2 Å². The van der Waals surface area contributed by atoms with Crippen LogP contribution in [0, 0.1) is 11.6 Å². The number of rotatable bonds is 5. The molecule has 158 valence electrons. The van der Waals surface area contributed by atoms with Gasteiger partial charge in [0.2, 0.25) is 0 Å². The van der Waals surface area contributed by atoms with Crippen molar-refractivity contribution in [2.75, 3.05) is 7.11 Å². The molecule has 0 radical (unpaired) electrons. The summed E-state index contributed by atoms with van der Waals surface area (Å²) in [5, 5.41) is 0. The van der Waals surface area contributed by atoms with E-state index in [9.17, 15) is 8.78 Å². The highest BCUT2D eigenvalue weighted by Crippen LogP contribution is 2.28. The van der Waals surface area contributed by atoms with Crippen molar-refractivity contribution >= 4 is 0 Å². The van der Waals surface area contributed by atoms with Gasteiger partial charge in [-0.2, -0.15) is 0 Å². The fourth-order valence-electron chi connectivity index (χ4n) is 3.64. The molecule has 0 unspecified atom stereocenters. The van der Waals surface area contributed by atoms with Crippen LogP contribution in [0.25, 0.3) is 33.9 Å². The van der Waals surface area contributed by atoms with Gasteiger partial charge in [-0.25, -0.2) is 18.7 Å². The summed E-state index contributed by atoms with van der Waals surface area (Å²) in [6.45, 7) is 0.648. The van der Waals surface area contributed by atoms with Crippen LogP contribution in [0.4, 0.5) is 8.78 Å². The second-order valence-electron chi connectivity index (χ2n) is 7.46. The van der Waals surface area contributed by atoms with E-state index in [4.69, 9.17) is 4.74 Å². The lowest BCUT2D eigenvalue weighted by molar-refractivity contribution is 0.415. The molecule has 0 bridgehead atoms. The fraction of sp³-hybridized carbons (Fsp3) is 0.0769. The number of halogens is 2. The number of hydrogen-bond donors (Lipinski definition) is 0. The zero-order chi connectivity index (χ0) is 22.1. The molecule has 0 saturated carbocycles.